The molecule has 0 aliphatic carbocycles. The van der Waals surface area contributed by atoms with E-state index in [4.69, 9.17) is 9.47 Å². The van der Waals surface area contributed by atoms with Crippen LogP contribution in [-0.2, 0) is 14.3 Å². The Labute approximate surface area is 129 Å². The molecule has 1 saturated heterocycles. The number of carbonyl (C=O) groups excluding carboxylic acids is 1. The van der Waals surface area contributed by atoms with E-state index in [0.717, 1.165) is 26.1 Å². The second-order valence-electron chi connectivity index (χ2n) is 7.52. The van der Waals surface area contributed by atoms with E-state index in [0.29, 0.717) is 0 Å². The molecule has 0 bridgehead atoms. The summed E-state index contributed by atoms with van der Waals surface area (Å²) in [6, 6.07) is 0.00994. The normalized spacial score (nSPS) is 23.0. The van der Waals surface area contributed by atoms with E-state index >= 15 is 0 Å². The van der Waals surface area contributed by atoms with Crippen LogP contribution in [0.25, 0.3) is 0 Å². The molecule has 0 aromatic rings. The molecule has 1 unspecified atom stereocenters. The quantitative estimate of drug-likeness (QED) is 0.758. The van der Waals surface area contributed by atoms with Crippen LogP contribution in [0.2, 0.25) is 0 Å². The third-order valence-electron chi connectivity index (χ3n) is 3.52. The predicted octanol–water partition coefficient (Wildman–Crippen LogP) is 1.81. The highest BCUT2D eigenvalue weighted by atomic mass is 16.5. The largest absolute Gasteiger partial charge is 0.468 e. The van der Waals surface area contributed by atoms with Gasteiger partial charge >= 0.3 is 5.97 Å². The summed E-state index contributed by atoms with van der Waals surface area (Å²) in [5, 5.41) is 3.28. The molecular weight excluding hydrogens is 268 g/mol. The Bertz CT molecular complexity index is 337. The molecule has 0 radical (unpaired) electrons. The van der Waals surface area contributed by atoms with Crippen LogP contribution in [0.1, 0.15) is 48.0 Å². The molecule has 1 heterocycles. The lowest BCUT2D eigenvalue weighted by Crippen LogP contribution is -2.57. The average Bonchev–Trinajstić information content (AvgIpc) is 2.29. The van der Waals surface area contributed by atoms with Gasteiger partial charge in [0.25, 0.3) is 0 Å². The highest BCUT2D eigenvalue weighted by Gasteiger charge is 2.38. The monoisotopic (exact) mass is 300 g/mol. The highest BCUT2D eigenvalue weighted by Crippen LogP contribution is 2.28. The van der Waals surface area contributed by atoms with E-state index in [9.17, 15) is 4.79 Å². The van der Waals surface area contributed by atoms with E-state index < -0.39 is 0 Å². The fourth-order valence-electron chi connectivity index (χ4n) is 3.23. The molecule has 5 nitrogen and oxygen atoms in total. The van der Waals surface area contributed by atoms with Crippen molar-refractivity contribution < 1.29 is 14.3 Å². The maximum atomic E-state index is 11.8. The Morgan fingerprint density at radius 3 is 2.19 bits per heavy atom. The van der Waals surface area contributed by atoms with Crippen LogP contribution in [0.15, 0.2) is 0 Å². The fraction of sp³-hybridized carbons (Fsp3) is 0.938. The summed E-state index contributed by atoms with van der Waals surface area (Å²) in [5.74, 6) is -0.185. The number of carbonyl (C=O) groups is 1. The minimum absolute atomic E-state index is 0.159. The Morgan fingerprint density at radius 1 is 1.24 bits per heavy atom. The maximum Gasteiger partial charge on any atom is 0.322 e. The van der Waals surface area contributed by atoms with E-state index in [-0.39, 0.29) is 29.3 Å². The number of rotatable bonds is 6. The number of hydrogen-bond acceptors (Lipinski definition) is 5. The Morgan fingerprint density at radius 2 is 1.76 bits per heavy atom. The molecule has 0 aromatic carbocycles. The van der Waals surface area contributed by atoms with Crippen molar-refractivity contribution in [3.05, 3.63) is 0 Å². The predicted molar refractivity (Wildman–Crippen MR) is 84.4 cm³/mol. The molecule has 1 fully saturated rings. The van der Waals surface area contributed by atoms with Crippen molar-refractivity contribution >= 4 is 5.97 Å². The third kappa shape index (κ3) is 6.32. The van der Waals surface area contributed by atoms with Crippen LogP contribution in [0, 0.1) is 0 Å². The van der Waals surface area contributed by atoms with Crippen molar-refractivity contribution in [3.63, 3.8) is 0 Å². The number of nitrogens with zero attached hydrogens (tertiary/aromatic N) is 1. The van der Waals surface area contributed by atoms with Gasteiger partial charge in [0, 0.05) is 25.7 Å². The lowest BCUT2D eigenvalue weighted by molar-refractivity contribution is -0.180. The second-order valence-corrected chi connectivity index (χ2v) is 7.52. The summed E-state index contributed by atoms with van der Waals surface area (Å²) in [6.07, 6.45) is 0.747. The van der Waals surface area contributed by atoms with Gasteiger partial charge in [-0.15, -0.1) is 0 Å². The number of methoxy groups -OCH3 is 1. The number of nitrogens with one attached hydrogen (secondary N) is 1. The van der Waals surface area contributed by atoms with Crippen LogP contribution < -0.4 is 5.32 Å². The summed E-state index contributed by atoms with van der Waals surface area (Å²) >= 11 is 0. The molecule has 0 spiro atoms. The van der Waals surface area contributed by atoms with Crippen LogP contribution in [-0.4, -0.2) is 60.9 Å². The molecule has 0 amide bonds. The van der Waals surface area contributed by atoms with Crippen LogP contribution in [0.5, 0.6) is 0 Å². The first-order valence-electron chi connectivity index (χ1n) is 7.81. The minimum atomic E-state index is -0.246. The van der Waals surface area contributed by atoms with Gasteiger partial charge in [-0.1, -0.05) is 13.8 Å². The van der Waals surface area contributed by atoms with Crippen molar-refractivity contribution in [2.45, 2.75) is 71.2 Å². The molecule has 1 aliphatic rings. The summed E-state index contributed by atoms with van der Waals surface area (Å²) in [5.41, 5.74) is -0.317. The SMILES string of the molecule is COC(=O)C(CCN1CC(C)(C)OC(C)(C)C1)NC(C)C. The van der Waals surface area contributed by atoms with Gasteiger partial charge in [0.15, 0.2) is 0 Å². The van der Waals surface area contributed by atoms with E-state index in [1.807, 2.05) is 13.8 Å². The number of ether oxygens (including phenoxy) is 2. The first kappa shape index (κ1) is 18.4. The second kappa shape index (κ2) is 7.07. The van der Waals surface area contributed by atoms with Crippen molar-refractivity contribution in [3.8, 4) is 0 Å². The van der Waals surface area contributed by atoms with Gasteiger partial charge in [0.2, 0.25) is 0 Å². The van der Waals surface area contributed by atoms with Crippen molar-refractivity contribution in [1.29, 1.82) is 0 Å². The van der Waals surface area contributed by atoms with Gasteiger partial charge in [-0.3, -0.25) is 9.69 Å². The molecule has 1 N–H and O–H groups in total. The highest BCUT2D eigenvalue weighted by molar-refractivity contribution is 5.75. The minimum Gasteiger partial charge on any atom is -0.468 e. The number of morpholine rings is 1. The van der Waals surface area contributed by atoms with E-state index in [2.05, 4.69) is 37.9 Å². The van der Waals surface area contributed by atoms with Gasteiger partial charge in [0.1, 0.15) is 6.04 Å². The molecule has 5 heteroatoms. The zero-order valence-electron chi connectivity index (χ0n) is 14.7. The molecule has 1 atom stereocenters. The maximum absolute atomic E-state index is 11.8. The summed E-state index contributed by atoms with van der Waals surface area (Å²) in [4.78, 5) is 14.2. The Balaban J connectivity index is 2.60. The van der Waals surface area contributed by atoms with Crippen molar-refractivity contribution in [1.82, 2.24) is 10.2 Å². The number of esters is 1. The summed E-state index contributed by atoms with van der Waals surface area (Å²) in [7, 11) is 1.44. The lowest BCUT2D eigenvalue weighted by Gasteiger charge is -2.47. The van der Waals surface area contributed by atoms with Crippen LogP contribution in [0.4, 0.5) is 0 Å². The molecule has 124 valence electrons. The first-order valence-corrected chi connectivity index (χ1v) is 7.81. The van der Waals surface area contributed by atoms with Gasteiger partial charge in [0.05, 0.1) is 18.3 Å². The van der Waals surface area contributed by atoms with E-state index in [1.54, 1.807) is 0 Å². The smallest absolute Gasteiger partial charge is 0.322 e. The molecule has 0 aromatic heterocycles. The van der Waals surface area contributed by atoms with Gasteiger partial charge < -0.3 is 14.8 Å². The Kier molecular flexibility index (Phi) is 6.20. The van der Waals surface area contributed by atoms with Gasteiger partial charge in [-0.05, 0) is 34.1 Å². The zero-order chi connectivity index (χ0) is 16.3. The third-order valence-corrected chi connectivity index (χ3v) is 3.52. The standard InChI is InChI=1S/C16H32N2O3/c1-12(2)17-13(14(19)20-7)8-9-18-10-15(3,4)21-16(5,6)11-18/h12-13,17H,8-11H2,1-7H3. The van der Waals surface area contributed by atoms with Crippen LogP contribution in [0.3, 0.4) is 0 Å². The topological polar surface area (TPSA) is 50.8 Å². The summed E-state index contributed by atoms with van der Waals surface area (Å²) < 4.78 is 11.0. The molecular formula is C16H32N2O3. The van der Waals surface area contributed by atoms with Gasteiger partial charge in [-0.25, -0.2) is 0 Å². The molecule has 1 aliphatic heterocycles. The Hall–Kier alpha value is -0.650. The first-order chi connectivity index (χ1) is 9.54. The molecule has 21 heavy (non-hydrogen) atoms. The molecule has 0 saturated carbocycles. The summed E-state index contributed by atoms with van der Waals surface area (Å²) in [6.45, 7) is 15.2. The van der Waals surface area contributed by atoms with Crippen molar-refractivity contribution in [2.24, 2.45) is 0 Å². The zero-order valence-corrected chi connectivity index (χ0v) is 14.7. The fourth-order valence-corrected chi connectivity index (χ4v) is 3.23. The van der Waals surface area contributed by atoms with Gasteiger partial charge in [-0.2, -0.15) is 0 Å². The lowest BCUT2D eigenvalue weighted by atomic mass is 9.98. The van der Waals surface area contributed by atoms with Crippen LogP contribution >= 0.6 is 0 Å². The number of hydrogen-bond donors (Lipinski definition) is 1. The molecule has 1 rings (SSSR count). The van der Waals surface area contributed by atoms with Crippen molar-refractivity contribution in [2.75, 3.05) is 26.7 Å². The van der Waals surface area contributed by atoms with E-state index in [1.165, 1.54) is 7.11 Å². The average molecular weight is 300 g/mol.